The predicted octanol–water partition coefficient (Wildman–Crippen LogP) is 1.77. The van der Waals surface area contributed by atoms with E-state index in [4.69, 9.17) is 4.84 Å². The Kier molecular flexibility index (Phi) is 1.72. The zero-order valence-electron chi connectivity index (χ0n) is 8.33. The average Bonchev–Trinajstić information content (AvgIpc) is 2.28. The van der Waals surface area contributed by atoms with E-state index >= 15 is 0 Å². The summed E-state index contributed by atoms with van der Waals surface area (Å²) < 4.78 is 0. The molecule has 0 aromatic carbocycles. The van der Waals surface area contributed by atoms with Gasteiger partial charge in [-0.25, -0.2) is 0 Å². The highest BCUT2D eigenvalue weighted by Gasteiger charge is 2.46. The van der Waals surface area contributed by atoms with Crippen molar-refractivity contribution in [3.63, 3.8) is 0 Å². The van der Waals surface area contributed by atoms with E-state index in [9.17, 15) is 4.79 Å². The Morgan fingerprint density at radius 2 is 2.23 bits per heavy atom. The Morgan fingerprint density at radius 3 is 2.92 bits per heavy atom. The van der Waals surface area contributed by atoms with Gasteiger partial charge < -0.3 is 4.84 Å². The Morgan fingerprint density at radius 1 is 1.54 bits per heavy atom. The van der Waals surface area contributed by atoms with E-state index < -0.39 is 0 Å². The van der Waals surface area contributed by atoms with Gasteiger partial charge in [0.05, 0.1) is 11.6 Å². The van der Waals surface area contributed by atoms with Gasteiger partial charge in [0.15, 0.2) is 0 Å². The van der Waals surface area contributed by atoms with Crippen LogP contribution in [0.5, 0.6) is 0 Å². The number of fused-ring (bicyclic) bond motifs is 1. The van der Waals surface area contributed by atoms with Crippen molar-refractivity contribution in [2.24, 2.45) is 16.5 Å². The lowest BCUT2D eigenvalue weighted by Crippen LogP contribution is -2.41. The summed E-state index contributed by atoms with van der Waals surface area (Å²) in [6, 6.07) is 0. The highest BCUT2D eigenvalue weighted by molar-refractivity contribution is 6.05. The number of rotatable bonds is 0. The van der Waals surface area contributed by atoms with E-state index in [1.807, 2.05) is 6.92 Å². The number of oxime groups is 1. The maximum atomic E-state index is 11.7. The lowest BCUT2D eigenvalue weighted by Gasteiger charge is -2.34. The monoisotopic (exact) mass is 181 g/mol. The highest BCUT2D eigenvalue weighted by Crippen LogP contribution is 2.40. The predicted molar refractivity (Wildman–Crippen MR) is 49.5 cm³/mol. The molecule has 13 heavy (non-hydrogen) atoms. The van der Waals surface area contributed by atoms with E-state index in [2.05, 4.69) is 19.0 Å². The van der Waals surface area contributed by atoms with Crippen LogP contribution in [0.25, 0.3) is 0 Å². The second kappa shape index (κ2) is 2.56. The van der Waals surface area contributed by atoms with Gasteiger partial charge in [0.1, 0.15) is 11.9 Å². The molecule has 2 atom stereocenters. The van der Waals surface area contributed by atoms with Gasteiger partial charge in [-0.3, -0.25) is 4.79 Å². The van der Waals surface area contributed by atoms with Crippen LogP contribution in [0.1, 0.15) is 33.6 Å². The van der Waals surface area contributed by atoms with Gasteiger partial charge in [-0.1, -0.05) is 19.0 Å². The second-order valence-electron chi connectivity index (χ2n) is 4.87. The number of hydrogen-bond acceptors (Lipinski definition) is 3. The zero-order valence-corrected chi connectivity index (χ0v) is 8.33. The van der Waals surface area contributed by atoms with E-state index in [-0.39, 0.29) is 17.4 Å². The van der Waals surface area contributed by atoms with Crippen LogP contribution < -0.4 is 0 Å². The minimum Gasteiger partial charge on any atom is -0.391 e. The van der Waals surface area contributed by atoms with Crippen LogP contribution in [0, 0.1) is 11.3 Å². The maximum Gasteiger partial charge on any atom is 0.146 e. The lowest BCUT2D eigenvalue weighted by molar-refractivity contribution is -0.131. The summed E-state index contributed by atoms with van der Waals surface area (Å²) in [5, 5.41) is 3.89. The smallest absolute Gasteiger partial charge is 0.146 e. The van der Waals surface area contributed by atoms with Crippen LogP contribution in [-0.2, 0) is 9.63 Å². The number of nitrogens with zero attached hydrogens (tertiary/aromatic N) is 1. The third kappa shape index (κ3) is 1.36. The molecule has 1 saturated carbocycles. The molecular weight excluding hydrogens is 166 g/mol. The quantitative estimate of drug-likeness (QED) is 0.571. The fraction of sp³-hybridized carbons (Fsp3) is 0.800. The van der Waals surface area contributed by atoms with Gasteiger partial charge in [-0.05, 0) is 18.8 Å². The van der Waals surface area contributed by atoms with Gasteiger partial charge >= 0.3 is 0 Å². The van der Waals surface area contributed by atoms with Crippen molar-refractivity contribution in [1.29, 1.82) is 0 Å². The van der Waals surface area contributed by atoms with Crippen molar-refractivity contribution in [2.75, 3.05) is 0 Å². The van der Waals surface area contributed by atoms with Crippen molar-refractivity contribution < 1.29 is 9.63 Å². The number of Topliss-reactive ketones (excluding diaryl/α,β-unsaturated/α-hetero) is 1. The molecule has 0 bridgehead atoms. The number of hydrogen-bond donors (Lipinski definition) is 0. The zero-order chi connectivity index (χ0) is 9.64. The van der Waals surface area contributed by atoms with Gasteiger partial charge in [-0.2, -0.15) is 0 Å². The van der Waals surface area contributed by atoms with Crippen LogP contribution in [0.15, 0.2) is 5.16 Å². The lowest BCUT2D eigenvalue weighted by atomic mass is 9.70. The van der Waals surface area contributed by atoms with Crippen LogP contribution in [0.4, 0.5) is 0 Å². The van der Waals surface area contributed by atoms with E-state index in [0.717, 1.165) is 12.1 Å². The molecule has 1 heterocycles. The Labute approximate surface area is 78.1 Å². The SMILES string of the molecule is CC1=NOC2CC(C)(C)CC(=O)C12. The molecule has 2 aliphatic rings. The van der Waals surface area contributed by atoms with Gasteiger partial charge in [0.25, 0.3) is 0 Å². The van der Waals surface area contributed by atoms with Gasteiger partial charge in [-0.15, -0.1) is 0 Å². The molecule has 0 spiro atoms. The van der Waals surface area contributed by atoms with Crippen molar-refractivity contribution >= 4 is 11.5 Å². The van der Waals surface area contributed by atoms with Gasteiger partial charge in [0, 0.05) is 6.42 Å². The first-order valence-corrected chi connectivity index (χ1v) is 4.73. The summed E-state index contributed by atoms with van der Waals surface area (Å²) in [6.45, 7) is 6.09. The first-order valence-electron chi connectivity index (χ1n) is 4.73. The fourth-order valence-corrected chi connectivity index (χ4v) is 2.33. The molecule has 72 valence electrons. The molecule has 2 rings (SSSR count). The molecule has 3 nitrogen and oxygen atoms in total. The summed E-state index contributed by atoms with van der Waals surface area (Å²) in [5.74, 6) is 0.244. The molecule has 0 radical (unpaired) electrons. The minimum atomic E-state index is -0.0481. The largest absolute Gasteiger partial charge is 0.391 e. The second-order valence-corrected chi connectivity index (χ2v) is 4.87. The molecule has 0 aromatic rings. The Balaban J connectivity index is 2.22. The molecular formula is C10H15NO2. The van der Waals surface area contributed by atoms with Crippen molar-refractivity contribution in [1.82, 2.24) is 0 Å². The molecule has 3 heteroatoms. The Hall–Kier alpha value is -0.860. The summed E-state index contributed by atoms with van der Waals surface area (Å²) in [7, 11) is 0. The number of carbonyl (C=O) groups excluding carboxylic acids is 1. The summed E-state index contributed by atoms with van der Waals surface area (Å²) >= 11 is 0. The first kappa shape index (κ1) is 8.73. The van der Waals surface area contributed by atoms with Crippen molar-refractivity contribution in [2.45, 2.75) is 39.7 Å². The molecule has 1 aliphatic heterocycles. The van der Waals surface area contributed by atoms with Crippen LogP contribution in [-0.4, -0.2) is 17.6 Å². The summed E-state index contributed by atoms with van der Waals surface area (Å²) in [6.07, 6.45) is 1.60. The standard InChI is InChI=1S/C10H15NO2/c1-6-9-7(12)4-10(2,3)5-8(9)13-11-6/h8-9H,4-5H2,1-3H3. The molecule has 0 saturated heterocycles. The highest BCUT2D eigenvalue weighted by atomic mass is 16.6. The third-order valence-corrected chi connectivity index (χ3v) is 2.91. The number of ketones is 1. The molecule has 2 unspecified atom stereocenters. The average molecular weight is 181 g/mol. The summed E-state index contributed by atoms with van der Waals surface area (Å²) in [4.78, 5) is 17.0. The van der Waals surface area contributed by atoms with Crippen LogP contribution in [0.2, 0.25) is 0 Å². The van der Waals surface area contributed by atoms with Crippen LogP contribution in [0.3, 0.4) is 0 Å². The van der Waals surface area contributed by atoms with Crippen LogP contribution >= 0.6 is 0 Å². The van der Waals surface area contributed by atoms with Gasteiger partial charge in [0.2, 0.25) is 0 Å². The first-order chi connectivity index (χ1) is 5.99. The normalized spacial score (nSPS) is 36.5. The third-order valence-electron chi connectivity index (χ3n) is 2.91. The van der Waals surface area contributed by atoms with Crippen molar-refractivity contribution in [3.8, 4) is 0 Å². The molecule has 0 amide bonds. The molecule has 1 aliphatic carbocycles. The molecule has 0 aromatic heterocycles. The number of carbonyl (C=O) groups is 1. The molecule has 0 N–H and O–H groups in total. The van der Waals surface area contributed by atoms with Crippen molar-refractivity contribution in [3.05, 3.63) is 0 Å². The minimum absolute atomic E-state index is 0.0104. The van der Waals surface area contributed by atoms with E-state index in [1.165, 1.54) is 0 Å². The Bertz CT molecular complexity index is 281. The van der Waals surface area contributed by atoms with E-state index in [1.54, 1.807) is 0 Å². The summed E-state index contributed by atoms with van der Waals surface area (Å²) in [5.41, 5.74) is 0.934. The topological polar surface area (TPSA) is 38.7 Å². The van der Waals surface area contributed by atoms with E-state index in [0.29, 0.717) is 12.2 Å². The fourth-order valence-electron chi connectivity index (χ4n) is 2.33. The molecule has 1 fully saturated rings. The maximum absolute atomic E-state index is 11.7.